The van der Waals surface area contributed by atoms with Crippen molar-refractivity contribution < 1.29 is 36.0 Å². The van der Waals surface area contributed by atoms with E-state index in [1.54, 1.807) is 0 Å². The van der Waals surface area contributed by atoms with Gasteiger partial charge in [-0.3, -0.25) is 4.55 Å². The van der Waals surface area contributed by atoms with Crippen LogP contribution in [-0.2, 0) is 14.9 Å². The number of carboxylic acids is 1. The van der Waals surface area contributed by atoms with E-state index in [0.29, 0.717) is 0 Å². The standard InChI is InChI=1S/C8H11F3O5S/c1-5(7(12)13)3-2-4-6(9)8(10,11)17(14,15)16/h3,6H,2,4H2,1H3,(H,12,13)(H,14,15,16). The molecule has 0 fully saturated rings. The fraction of sp³-hybridized carbons (Fsp3) is 0.625. The number of aliphatic carboxylic acids is 1. The van der Waals surface area contributed by atoms with Crippen LogP contribution in [0.1, 0.15) is 19.8 Å². The van der Waals surface area contributed by atoms with Crippen molar-refractivity contribution in [1.82, 2.24) is 0 Å². The highest BCUT2D eigenvalue weighted by molar-refractivity contribution is 7.86. The fourth-order valence-corrected chi connectivity index (χ4v) is 1.30. The van der Waals surface area contributed by atoms with Crippen LogP contribution in [-0.4, -0.2) is 35.5 Å². The summed E-state index contributed by atoms with van der Waals surface area (Å²) in [7, 11) is -5.81. The summed E-state index contributed by atoms with van der Waals surface area (Å²) in [6.45, 7) is 1.18. The number of carbonyl (C=O) groups is 1. The fourth-order valence-electron chi connectivity index (χ4n) is 0.863. The molecule has 0 aliphatic heterocycles. The Bertz CT molecular complexity index is 415. The van der Waals surface area contributed by atoms with Gasteiger partial charge in [-0.2, -0.15) is 17.2 Å². The van der Waals surface area contributed by atoms with Gasteiger partial charge >= 0.3 is 21.3 Å². The maximum absolute atomic E-state index is 12.9. The summed E-state index contributed by atoms with van der Waals surface area (Å²) >= 11 is 0. The summed E-state index contributed by atoms with van der Waals surface area (Å²) < 4.78 is 66.6. The summed E-state index contributed by atoms with van der Waals surface area (Å²) in [5.41, 5.74) is -0.174. The minimum absolute atomic E-state index is 0.174. The van der Waals surface area contributed by atoms with E-state index in [2.05, 4.69) is 0 Å². The molecule has 0 aromatic carbocycles. The van der Waals surface area contributed by atoms with Gasteiger partial charge in [0.1, 0.15) is 0 Å². The van der Waals surface area contributed by atoms with E-state index in [0.717, 1.165) is 6.08 Å². The SMILES string of the molecule is CC(=CCCC(F)C(F)(F)S(=O)(=O)O)C(=O)O. The average Bonchev–Trinajstić information content (AvgIpc) is 2.15. The van der Waals surface area contributed by atoms with Crippen LogP contribution in [0.3, 0.4) is 0 Å². The van der Waals surface area contributed by atoms with Gasteiger partial charge in [0, 0.05) is 5.57 Å². The first-order valence-electron chi connectivity index (χ1n) is 4.39. The molecule has 2 N–H and O–H groups in total. The summed E-state index contributed by atoms with van der Waals surface area (Å²) in [5, 5.41) is 3.50. The van der Waals surface area contributed by atoms with E-state index < -0.39 is 33.9 Å². The molecule has 1 unspecified atom stereocenters. The smallest absolute Gasteiger partial charge is 0.400 e. The predicted octanol–water partition coefficient (Wildman–Crippen LogP) is 1.62. The second kappa shape index (κ2) is 5.50. The molecule has 0 aromatic heterocycles. The molecular weight excluding hydrogens is 265 g/mol. The van der Waals surface area contributed by atoms with Crippen LogP contribution in [0.15, 0.2) is 11.6 Å². The second-order valence-corrected chi connectivity index (χ2v) is 4.77. The van der Waals surface area contributed by atoms with E-state index in [9.17, 15) is 26.4 Å². The molecule has 0 radical (unpaired) electrons. The summed E-state index contributed by atoms with van der Waals surface area (Å²) in [6.07, 6.45) is -3.42. The Hall–Kier alpha value is -1.09. The Labute approximate surface area is 95.7 Å². The molecule has 0 rings (SSSR count). The van der Waals surface area contributed by atoms with Crippen LogP contribution in [0.4, 0.5) is 13.2 Å². The first kappa shape index (κ1) is 15.9. The van der Waals surface area contributed by atoms with Gasteiger partial charge in [-0.25, -0.2) is 9.18 Å². The Balaban J connectivity index is 4.54. The van der Waals surface area contributed by atoms with Crippen LogP contribution in [0.2, 0.25) is 0 Å². The van der Waals surface area contributed by atoms with Crippen LogP contribution in [0.25, 0.3) is 0 Å². The van der Waals surface area contributed by atoms with Gasteiger partial charge in [0.25, 0.3) is 0 Å². The van der Waals surface area contributed by atoms with Crippen LogP contribution < -0.4 is 0 Å². The number of alkyl halides is 3. The normalized spacial score (nSPS) is 15.7. The highest BCUT2D eigenvalue weighted by Crippen LogP contribution is 2.30. The van der Waals surface area contributed by atoms with Crippen molar-refractivity contribution in [2.24, 2.45) is 0 Å². The molecule has 0 bridgehead atoms. The van der Waals surface area contributed by atoms with Crippen LogP contribution in [0.5, 0.6) is 0 Å². The third-order valence-electron chi connectivity index (χ3n) is 1.92. The van der Waals surface area contributed by atoms with E-state index in [1.807, 2.05) is 0 Å². The highest BCUT2D eigenvalue weighted by atomic mass is 32.2. The summed E-state index contributed by atoms with van der Waals surface area (Å²) in [5.74, 6) is -1.29. The van der Waals surface area contributed by atoms with Crippen molar-refractivity contribution in [2.75, 3.05) is 0 Å². The zero-order chi connectivity index (χ0) is 13.9. The number of allylic oxidation sites excluding steroid dienone is 1. The van der Waals surface area contributed by atoms with Crippen LogP contribution >= 0.6 is 0 Å². The van der Waals surface area contributed by atoms with Gasteiger partial charge in [0.05, 0.1) is 0 Å². The van der Waals surface area contributed by atoms with Crippen molar-refractivity contribution >= 4 is 16.1 Å². The molecule has 0 aliphatic rings. The van der Waals surface area contributed by atoms with Crippen molar-refractivity contribution in [3.05, 3.63) is 11.6 Å². The molecule has 0 aliphatic carbocycles. The number of carboxylic acid groups (broad SMARTS) is 1. The van der Waals surface area contributed by atoms with Gasteiger partial charge in [0.2, 0.25) is 0 Å². The van der Waals surface area contributed by atoms with Gasteiger partial charge in [-0.05, 0) is 19.8 Å². The minimum Gasteiger partial charge on any atom is -0.478 e. The molecule has 0 amide bonds. The maximum atomic E-state index is 12.9. The number of rotatable bonds is 6. The monoisotopic (exact) mass is 276 g/mol. The van der Waals surface area contributed by atoms with Crippen molar-refractivity contribution in [2.45, 2.75) is 31.2 Å². The molecule has 0 heterocycles. The lowest BCUT2D eigenvalue weighted by Gasteiger charge is -2.16. The zero-order valence-corrected chi connectivity index (χ0v) is 9.55. The molecule has 0 spiro atoms. The zero-order valence-electron chi connectivity index (χ0n) is 8.73. The molecule has 1 atom stereocenters. The van der Waals surface area contributed by atoms with Gasteiger partial charge in [-0.1, -0.05) is 6.08 Å². The molecule has 100 valence electrons. The quantitative estimate of drug-likeness (QED) is 0.568. The van der Waals surface area contributed by atoms with Gasteiger partial charge < -0.3 is 5.11 Å². The molecular formula is C8H11F3O5S. The molecule has 0 saturated carbocycles. The maximum Gasteiger partial charge on any atom is 0.400 e. The number of hydrogen-bond acceptors (Lipinski definition) is 3. The molecule has 9 heteroatoms. The first-order chi connectivity index (χ1) is 7.50. The van der Waals surface area contributed by atoms with E-state index in [-0.39, 0.29) is 12.0 Å². The van der Waals surface area contributed by atoms with E-state index >= 15 is 0 Å². The molecule has 0 aromatic rings. The van der Waals surface area contributed by atoms with Gasteiger partial charge in [-0.15, -0.1) is 0 Å². The first-order valence-corrected chi connectivity index (χ1v) is 5.83. The largest absolute Gasteiger partial charge is 0.478 e. The van der Waals surface area contributed by atoms with Crippen molar-refractivity contribution in [3.8, 4) is 0 Å². The highest BCUT2D eigenvalue weighted by Gasteiger charge is 2.52. The van der Waals surface area contributed by atoms with E-state index in [1.165, 1.54) is 6.92 Å². The number of hydrogen-bond donors (Lipinski definition) is 2. The lowest BCUT2D eigenvalue weighted by molar-refractivity contribution is -0.132. The third kappa shape index (κ3) is 4.35. The molecule has 5 nitrogen and oxygen atoms in total. The van der Waals surface area contributed by atoms with Crippen LogP contribution in [0, 0.1) is 0 Å². The average molecular weight is 276 g/mol. The molecule has 17 heavy (non-hydrogen) atoms. The lowest BCUT2D eigenvalue weighted by atomic mass is 10.1. The Morgan fingerprint density at radius 2 is 1.94 bits per heavy atom. The third-order valence-corrected chi connectivity index (χ3v) is 2.86. The Morgan fingerprint density at radius 3 is 2.29 bits per heavy atom. The number of halogens is 3. The van der Waals surface area contributed by atoms with Gasteiger partial charge in [0.15, 0.2) is 6.17 Å². The van der Waals surface area contributed by atoms with Crippen molar-refractivity contribution in [3.63, 3.8) is 0 Å². The predicted molar refractivity (Wildman–Crippen MR) is 52.0 cm³/mol. The summed E-state index contributed by atoms with van der Waals surface area (Å²) in [6, 6.07) is 0. The lowest BCUT2D eigenvalue weighted by Crippen LogP contribution is -2.38. The Morgan fingerprint density at radius 1 is 1.47 bits per heavy atom. The minimum atomic E-state index is -5.81. The molecule has 0 saturated heterocycles. The second-order valence-electron chi connectivity index (χ2n) is 3.27. The summed E-state index contributed by atoms with van der Waals surface area (Å²) in [4.78, 5) is 10.3. The topological polar surface area (TPSA) is 91.7 Å². The van der Waals surface area contributed by atoms with Crippen molar-refractivity contribution in [1.29, 1.82) is 0 Å². The Kier molecular flexibility index (Phi) is 5.14. The van der Waals surface area contributed by atoms with E-state index in [4.69, 9.17) is 9.66 Å².